The van der Waals surface area contributed by atoms with E-state index in [4.69, 9.17) is 11.6 Å². The van der Waals surface area contributed by atoms with Crippen LogP contribution in [-0.4, -0.2) is 19.7 Å². The fourth-order valence-corrected chi connectivity index (χ4v) is 2.21. The molecule has 0 unspecified atom stereocenters. The van der Waals surface area contributed by atoms with Crippen LogP contribution in [0.3, 0.4) is 0 Å². The molecule has 4 nitrogen and oxygen atoms in total. The Balaban J connectivity index is 2.68. The molecular formula is C11H12BrClN4. The smallest absolute Gasteiger partial charge is 0.161 e. The highest BCUT2D eigenvalue weighted by Crippen LogP contribution is 2.25. The van der Waals surface area contributed by atoms with Gasteiger partial charge in [0.1, 0.15) is 11.5 Å². The van der Waals surface area contributed by atoms with E-state index >= 15 is 0 Å². The minimum absolute atomic E-state index is 0.487. The summed E-state index contributed by atoms with van der Waals surface area (Å²) in [5, 5.41) is 4.94. The highest BCUT2D eigenvalue weighted by Gasteiger charge is 2.15. The normalized spacial score (nSPS) is 10.9. The van der Waals surface area contributed by atoms with Gasteiger partial charge in [0.25, 0.3) is 0 Å². The fraction of sp³-hybridized carbons (Fsp3) is 0.364. The van der Waals surface area contributed by atoms with Crippen molar-refractivity contribution in [2.75, 3.05) is 0 Å². The van der Waals surface area contributed by atoms with Crippen molar-refractivity contribution in [1.82, 2.24) is 19.7 Å². The van der Waals surface area contributed by atoms with E-state index in [1.54, 1.807) is 4.68 Å². The van der Waals surface area contributed by atoms with E-state index in [-0.39, 0.29) is 0 Å². The van der Waals surface area contributed by atoms with E-state index in [2.05, 4.69) is 31.0 Å². The monoisotopic (exact) mass is 314 g/mol. The van der Waals surface area contributed by atoms with Gasteiger partial charge in [0.05, 0.1) is 15.9 Å². The van der Waals surface area contributed by atoms with Gasteiger partial charge in [-0.25, -0.2) is 14.6 Å². The molecule has 0 aromatic carbocycles. The lowest BCUT2D eigenvalue weighted by Crippen LogP contribution is -2.07. The Morgan fingerprint density at radius 1 is 1.35 bits per heavy atom. The van der Waals surface area contributed by atoms with Crippen LogP contribution in [0, 0.1) is 13.8 Å². The zero-order valence-electron chi connectivity index (χ0n) is 9.83. The lowest BCUT2D eigenvalue weighted by molar-refractivity contribution is 0.784. The number of aryl methyl sites for hydroxylation is 1. The number of aromatic nitrogens is 4. The van der Waals surface area contributed by atoms with Gasteiger partial charge in [-0.05, 0) is 36.2 Å². The van der Waals surface area contributed by atoms with Crippen molar-refractivity contribution >= 4 is 27.5 Å². The van der Waals surface area contributed by atoms with Gasteiger partial charge in [-0.15, -0.1) is 0 Å². The molecule has 0 amide bonds. The van der Waals surface area contributed by atoms with Crippen molar-refractivity contribution in [3.8, 4) is 5.82 Å². The predicted molar refractivity (Wildman–Crippen MR) is 70.7 cm³/mol. The summed E-state index contributed by atoms with van der Waals surface area (Å²) in [5.74, 6) is 0.749. The number of hydrogen-bond acceptors (Lipinski definition) is 3. The zero-order valence-corrected chi connectivity index (χ0v) is 12.2. The number of nitrogens with zero attached hydrogens (tertiary/aromatic N) is 4. The molecule has 6 heteroatoms. The zero-order chi connectivity index (χ0) is 12.6. The second-order valence-electron chi connectivity index (χ2n) is 3.72. The van der Waals surface area contributed by atoms with E-state index in [1.807, 2.05) is 20.8 Å². The van der Waals surface area contributed by atoms with Gasteiger partial charge in [0, 0.05) is 5.56 Å². The topological polar surface area (TPSA) is 43.6 Å². The molecule has 2 rings (SSSR count). The van der Waals surface area contributed by atoms with E-state index in [9.17, 15) is 0 Å². The van der Waals surface area contributed by atoms with Gasteiger partial charge in [0.15, 0.2) is 5.82 Å². The van der Waals surface area contributed by atoms with Crippen LogP contribution in [0.2, 0.25) is 5.15 Å². The lowest BCUT2D eigenvalue weighted by Gasteiger charge is -2.09. The maximum atomic E-state index is 6.07. The Bertz CT molecular complexity index is 565. The second-order valence-corrected chi connectivity index (χ2v) is 4.87. The first-order chi connectivity index (χ1) is 8.06. The van der Waals surface area contributed by atoms with Crippen molar-refractivity contribution < 1.29 is 0 Å². The number of hydrogen-bond donors (Lipinski definition) is 0. The average molecular weight is 316 g/mol. The Morgan fingerprint density at radius 2 is 2.06 bits per heavy atom. The summed E-state index contributed by atoms with van der Waals surface area (Å²) in [4.78, 5) is 8.28. The molecule has 2 heterocycles. The van der Waals surface area contributed by atoms with Gasteiger partial charge < -0.3 is 0 Å². The molecule has 0 fully saturated rings. The Morgan fingerprint density at radius 3 is 2.59 bits per heavy atom. The Hall–Kier alpha value is -0.940. The SMILES string of the molecule is CCc1c(Cl)ncnc1-n1nc(C)c(Br)c1C. The van der Waals surface area contributed by atoms with Gasteiger partial charge in [-0.3, -0.25) is 0 Å². The maximum absolute atomic E-state index is 6.07. The molecule has 0 atom stereocenters. The summed E-state index contributed by atoms with van der Waals surface area (Å²) >= 11 is 9.58. The van der Waals surface area contributed by atoms with Crippen LogP contribution < -0.4 is 0 Å². The van der Waals surface area contributed by atoms with Crippen LogP contribution in [0.15, 0.2) is 10.8 Å². The van der Waals surface area contributed by atoms with Gasteiger partial charge in [0.2, 0.25) is 0 Å². The average Bonchev–Trinajstić information content (AvgIpc) is 2.56. The fourth-order valence-electron chi connectivity index (χ4n) is 1.70. The summed E-state index contributed by atoms with van der Waals surface area (Å²) in [6, 6.07) is 0. The molecule has 0 saturated heterocycles. The van der Waals surface area contributed by atoms with Crippen molar-refractivity contribution in [3.05, 3.63) is 32.9 Å². The molecule has 90 valence electrons. The van der Waals surface area contributed by atoms with E-state index < -0.39 is 0 Å². The summed E-state index contributed by atoms with van der Waals surface area (Å²) in [6.07, 6.45) is 2.23. The highest BCUT2D eigenvalue weighted by atomic mass is 79.9. The first-order valence-electron chi connectivity index (χ1n) is 5.27. The van der Waals surface area contributed by atoms with Crippen LogP contribution in [-0.2, 0) is 6.42 Å². The van der Waals surface area contributed by atoms with Crippen LogP contribution in [0.25, 0.3) is 5.82 Å². The minimum atomic E-state index is 0.487. The minimum Gasteiger partial charge on any atom is -0.224 e. The van der Waals surface area contributed by atoms with Crippen molar-refractivity contribution in [1.29, 1.82) is 0 Å². The standard InChI is InChI=1S/C11H12BrClN4/c1-4-8-10(13)14-5-15-11(8)17-7(3)9(12)6(2)16-17/h5H,4H2,1-3H3. The largest absolute Gasteiger partial charge is 0.224 e. The van der Waals surface area contributed by atoms with Gasteiger partial charge in [-0.1, -0.05) is 18.5 Å². The molecule has 2 aromatic heterocycles. The summed E-state index contributed by atoms with van der Waals surface area (Å²) in [6.45, 7) is 5.95. The van der Waals surface area contributed by atoms with Crippen LogP contribution in [0.1, 0.15) is 23.9 Å². The molecular weight excluding hydrogens is 304 g/mol. The molecule has 0 spiro atoms. The number of rotatable bonds is 2. The summed E-state index contributed by atoms with van der Waals surface area (Å²) in [5.41, 5.74) is 2.85. The molecule has 0 radical (unpaired) electrons. The predicted octanol–water partition coefficient (Wildman–Crippen LogP) is 3.26. The third kappa shape index (κ3) is 2.09. The third-order valence-corrected chi connectivity index (χ3v) is 4.10. The van der Waals surface area contributed by atoms with Crippen molar-refractivity contribution in [3.63, 3.8) is 0 Å². The molecule has 0 aliphatic rings. The van der Waals surface area contributed by atoms with E-state index in [0.717, 1.165) is 33.7 Å². The third-order valence-electron chi connectivity index (χ3n) is 2.63. The first kappa shape index (κ1) is 12.5. The lowest BCUT2D eigenvalue weighted by atomic mass is 10.2. The first-order valence-corrected chi connectivity index (χ1v) is 6.44. The molecule has 17 heavy (non-hydrogen) atoms. The molecule has 0 aliphatic carbocycles. The molecule has 0 N–H and O–H groups in total. The number of halogens is 2. The molecule has 2 aromatic rings. The Kier molecular flexibility index (Phi) is 3.49. The second kappa shape index (κ2) is 4.74. The van der Waals surface area contributed by atoms with E-state index in [0.29, 0.717) is 5.15 Å². The van der Waals surface area contributed by atoms with Crippen molar-refractivity contribution in [2.45, 2.75) is 27.2 Å². The van der Waals surface area contributed by atoms with Crippen molar-refractivity contribution in [2.24, 2.45) is 0 Å². The molecule has 0 bridgehead atoms. The van der Waals surface area contributed by atoms with Crippen LogP contribution in [0.4, 0.5) is 0 Å². The summed E-state index contributed by atoms with van der Waals surface area (Å²) < 4.78 is 2.79. The van der Waals surface area contributed by atoms with E-state index in [1.165, 1.54) is 6.33 Å². The maximum Gasteiger partial charge on any atom is 0.161 e. The quantitative estimate of drug-likeness (QED) is 0.799. The Labute approximate surface area is 113 Å². The van der Waals surface area contributed by atoms with Crippen LogP contribution >= 0.6 is 27.5 Å². The summed E-state index contributed by atoms with van der Waals surface area (Å²) in [7, 11) is 0. The molecule has 0 aliphatic heterocycles. The molecule has 0 saturated carbocycles. The highest BCUT2D eigenvalue weighted by molar-refractivity contribution is 9.10. The van der Waals surface area contributed by atoms with Gasteiger partial charge in [-0.2, -0.15) is 5.10 Å². The van der Waals surface area contributed by atoms with Crippen LogP contribution in [0.5, 0.6) is 0 Å². The van der Waals surface area contributed by atoms with Gasteiger partial charge >= 0.3 is 0 Å².